The number of ether oxygens (including phenoxy) is 1. The van der Waals surface area contributed by atoms with Crippen molar-refractivity contribution in [2.75, 3.05) is 6.61 Å². The van der Waals surface area contributed by atoms with E-state index >= 15 is 0 Å². The Kier molecular flexibility index (Phi) is 4.81. The zero-order chi connectivity index (χ0) is 11.3. The molecule has 0 atom stereocenters. The minimum Gasteiger partial charge on any atom is -0.374 e. The Morgan fingerprint density at radius 2 is 1.87 bits per heavy atom. The number of hydrogen-bond donors (Lipinski definition) is 1. The summed E-state index contributed by atoms with van der Waals surface area (Å²) in [5.74, 6) is 0. The van der Waals surface area contributed by atoms with Gasteiger partial charge in [0.15, 0.2) is 0 Å². The van der Waals surface area contributed by atoms with Gasteiger partial charge < -0.3 is 10.1 Å². The van der Waals surface area contributed by atoms with Crippen LogP contribution in [0, 0.1) is 0 Å². The van der Waals surface area contributed by atoms with E-state index in [0.717, 1.165) is 0 Å². The molecule has 88 valence electrons. The van der Waals surface area contributed by atoms with Crippen LogP contribution in [0.1, 0.15) is 46.5 Å². The molecule has 0 aromatic carbocycles. The Balaban J connectivity index is 2.21. The number of nitrogens with one attached hydrogen (secondary N) is 1. The van der Waals surface area contributed by atoms with Gasteiger partial charge in [-0.3, -0.25) is 0 Å². The van der Waals surface area contributed by atoms with Crippen molar-refractivity contribution in [3.8, 4) is 0 Å². The van der Waals surface area contributed by atoms with E-state index in [-0.39, 0.29) is 5.54 Å². The molecule has 1 rings (SSSR count). The average Bonchev–Trinajstić information content (AvgIpc) is 2.14. The lowest BCUT2D eigenvalue weighted by atomic mass is 9.91. The molecule has 2 heteroatoms. The average molecular weight is 211 g/mol. The molecule has 1 aliphatic carbocycles. The minimum absolute atomic E-state index is 0.236. The van der Waals surface area contributed by atoms with E-state index in [1.54, 1.807) is 0 Å². The fourth-order valence-corrected chi connectivity index (χ4v) is 2.19. The molecule has 0 saturated heterocycles. The SMILES string of the molecule is C=CCO[C@H]1CC[C@H](NC(C)(C)C)CC1. The quantitative estimate of drug-likeness (QED) is 0.722. The zero-order valence-electron chi connectivity index (χ0n) is 10.4. The van der Waals surface area contributed by atoms with Gasteiger partial charge in [0.1, 0.15) is 0 Å². The highest BCUT2D eigenvalue weighted by Gasteiger charge is 2.24. The maximum Gasteiger partial charge on any atom is 0.0648 e. The summed E-state index contributed by atoms with van der Waals surface area (Å²) in [6, 6.07) is 0.675. The number of rotatable bonds is 4. The van der Waals surface area contributed by atoms with Crippen molar-refractivity contribution < 1.29 is 4.74 Å². The Bertz CT molecular complexity index is 187. The highest BCUT2D eigenvalue weighted by Crippen LogP contribution is 2.22. The molecule has 0 aromatic heterocycles. The first-order valence-corrected chi connectivity index (χ1v) is 6.01. The Labute approximate surface area is 94.1 Å². The predicted molar refractivity (Wildman–Crippen MR) is 65.1 cm³/mol. The van der Waals surface area contributed by atoms with Crippen molar-refractivity contribution in [2.24, 2.45) is 0 Å². The van der Waals surface area contributed by atoms with Crippen LogP contribution in [0.2, 0.25) is 0 Å². The Morgan fingerprint density at radius 1 is 1.27 bits per heavy atom. The van der Waals surface area contributed by atoms with Gasteiger partial charge in [0.05, 0.1) is 12.7 Å². The molecule has 0 aromatic rings. The van der Waals surface area contributed by atoms with E-state index in [0.29, 0.717) is 18.8 Å². The van der Waals surface area contributed by atoms with Gasteiger partial charge in [-0.2, -0.15) is 0 Å². The molecule has 2 nitrogen and oxygen atoms in total. The van der Waals surface area contributed by atoms with Crippen LogP contribution in [-0.2, 0) is 4.74 Å². The van der Waals surface area contributed by atoms with Crippen molar-refractivity contribution >= 4 is 0 Å². The summed E-state index contributed by atoms with van der Waals surface area (Å²) in [5.41, 5.74) is 0.236. The van der Waals surface area contributed by atoms with Crippen molar-refractivity contribution in [3.05, 3.63) is 12.7 Å². The van der Waals surface area contributed by atoms with Gasteiger partial charge >= 0.3 is 0 Å². The van der Waals surface area contributed by atoms with Crippen LogP contribution in [0.3, 0.4) is 0 Å². The third kappa shape index (κ3) is 5.33. The monoisotopic (exact) mass is 211 g/mol. The molecule has 15 heavy (non-hydrogen) atoms. The van der Waals surface area contributed by atoms with Gasteiger partial charge in [0.25, 0.3) is 0 Å². The molecule has 0 radical (unpaired) electrons. The molecular formula is C13H25NO. The molecule has 1 N–H and O–H groups in total. The van der Waals surface area contributed by atoms with Gasteiger partial charge in [0.2, 0.25) is 0 Å². The normalized spacial score (nSPS) is 27.7. The summed E-state index contributed by atoms with van der Waals surface area (Å²) in [6.07, 6.45) is 7.13. The highest BCUT2D eigenvalue weighted by molar-refractivity contribution is 4.83. The van der Waals surface area contributed by atoms with E-state index in [4.69, 9.17) is 4.74 Å². The summed E-state index contributed by atoms with van der Waals surface area (Å²) >= 11 is 0. The molecule has 1 aliphatic rings. The van der Waals surface area contributed by atoms with Crippen molar-refractivity contribution in [3.63, 3.8) is 0 Å². The maximum atomic E-state index is 5.66. The fourth-order valence-electron chi connectivity index (χ4n) is 2.19. The maximum absolute atomic E-state index is 5.66. The van der Waals surface area contributed by atoms with Gasteiger partial charge in [-0.15, -0.1) is 6.58 Å². The topological polar surface area (TPSA) is 21.3 Å². The lowest BCUT2D eigenvalue weighted by Gasteiger charge is -2.34. The smallest absolute Gasteiger partial charge is 0.0648 e. The van der Waals surface area contributed by atoms with Crippen LogP contribution in [-0.4, -0.2) is 24.3 Å². The van der Waals surface area contributed by atoms with Crippen LogP contribution < -0.4 is 5.32 Å². The molecule has 0 spiro atoms. The summed E-state index contributed by atoms with van der Waals surface area (Å²) in [4.78, 5) is 0. The summed E-state index contributed by atoms with van der Waals surface area (Å²) in [7, 11) is 0. The van der Waals surface area contributed by atoms with Crippen molar-refractivity contribution in [1.82, 2.24) is 5.32 Å². The molecule has 0 bridgehead atoms. The van der Waals surface area contributed by atoms with Crippen LogP contribution in [0.15, 0.2) is 12.7 Å². The van der Waals surface area contributed by atoms with Gasteiger partial charge in [-0.25, -0.2) is 0 Å². The molecule has 1 saturated carbocycles. The van der Waals surface area contributed by atoms with Gasteiger partial charge in [0, 0.05) is 11.6 Å². The largest absolute Gasteiger partial charge is 0.374 e. The lowest BCUT2D eigenvalue weighted by Crippen LogP contribution is -2.45. The van der Waals surface area contributed by atoms with Crippen molar-refractivity contribution in [2.45, 2.75) is 64.1 Å². The number of hydrogen-bond acceptors (Lipinski definition) is 2. The first-order chi connectivity index (χ1) is 7.01. The molecule has 0 heterocycles. The molecule has 1 fully saturated rings. The standard InChI is InChI=1S/C13H25NO/c1-5-10-15-12-8-6-11(7-9-12)14-13(2,3)4/h5,11-12,14H,1,6-10H2,2-4H3/t11-,12-. The molecule has 0 unspecified atom stereocenters. The van der Waals surface area contributed by atoms with Crippen LogP contribution in [0.5, 0.6) is 0 Å². The highest BCUT2D eigenvalue weighted by atomic mass is 16.5. The second-order valence-electron chi connectivity index (χ2n) is 5.49. The third-order valence-electron chi connectivity index (χ3n) is 2.76. The minimum atomic E-state index is 0.236. The summed E-state index contributed by atoms with van der Waals surface area (Å²) in [6.45, 7) is 11.1. The van der Waals surface area contributed by atoms with E-state index in [9.17, 15) is 0 Å². The first-order valence-electron chi connectivity index (χ1n) is 6.01. The predicted octanol–water partition coefficient (Wildman–Crippen LogP) is 2.89. The van der Waals surface area contributed by atoms with E-state index in [2.05, 4.69) is 32.7 Å². The van der Waals surface area contributed by atoms with Gasteiger partial charge in [-0.05, 0) is 46.5 Å². The second kappa shape index (κ2) is 5.66. The Morgan fingerprint density at radius 3 is 2.33 bits per heavy atom. The van der Waals surface area contributed by atoms with E-state index < -0.39 is 0 Å². The molecular weight excluding hydrogens is 186 g/mol. The third-order valence-corrected chi connectivity index (χ3v) is 2.76. The van der Waals surface area contributed by atoms with Crippen LogP contribution >= 0.6 is 0 Å². The molecule has 0 amide bonds. The fraction of sp³-hybridized carbons (Fsp3) is 0.846. The lowest BCUT2D eigenvalue weighted by molar-refractivity contribution is 0.0373. The zero-order valence-corrected chi connectivity index (χ0v) is 10.4. The van der Waals surface area contributed by atoms with Crippen LogP contribution in [0.25, 0.3) is 0 Å². The van der Waals surface area contributed by atoms with Crippen molar-refractivity contribution in [1.29, 1.82) is 0 Å². The van der Waals surface area contributed by atoms with E-state index in [1.807, 2.05) is 6.08 Å². The van der Waals surface area contributed by atoms with E-state index in [1.165, 1.54) is 25.7 Å². The van der Waals surface area contributed by atoms with Crippen LogP contribution in [0.4, 0.5) is 0 Å². The summed E-state index contributed by atoms with van der Waals surface area (Å²) in [5, 5.41) is 3.66. The summed E-state index contributed by atoms with van der Waals surface area (Å²) < 4.78 is 5.66. The molecule has 0 aliphatic heterocycles. The van der Waals surface area contributed by atoms with Gasteiger partial charge in [-0.1, -0.05) is 6.08 Å². The first kappa shape index (κ1) is 12.7. The Hall–Kier alpha value is -0.340. The second-order valence-corrected chi connectivity index (χ2v) is 5.49.